The van der Waals surface area contributed by atoms with E-state index in [0.29, 0.717) is 37.6 Å². The van der Waals surface area contributed by atoms with Crippen molar-refractivity contribution in [3.05, 3.63) is 33.9 Å². The van der Waals surface area contributed by atoms with Gasteiger partial charge in [0, 0.05) is 24.8 Å². The van der Waals surface area contributed by atoms with Gasteiger partial charge in [-0.25, -0.2) is 0 Å². The monoisotopic (exact) mass is 265 g/mol. The molecule has 0 bridgehead atoms. The Bertz CT molecular complexity index is 468. The van der Waals surface area contributed by atoms with Gasteiger partial charge in [-0.3, -0.25) is 14.9 Å². The van der Waals surface area contributed by atoms with Gasteiger partial charge in [-0.2, -0.15) is 0 Å². The number of hydrogen-bond donors (Lipinski definition) is 0. The molecule has 19 heavy (non-hydrogen) atoms. The molecule has 0 radical (unpaired) electrons. The van der Waals surface area contributed by atoms with Gasteiger partial charge in [0.2, 0.25) is 0 Å². The first kappa shape index (κ1) is 13.5. The molecule has 1 aliphatic heterocycles. The summed E-state index contributed by atoms with van der Waals surface area (Å²) in [7, 11) is 0. The molecule has 1 heterocycles. The maximum atomic E-state index is 10.9. The number of ether oxygens (including phenoxy) is 2. The molecule has 0 atom stereocenters. The highest BCUT2D eigenvalue weighted by Crippen LogP contribution is 2.28. The van der Waals surface area contributed by atoms with Crippen molar-refractivity contribution in [2.75, 3.05) is 19.8 Å². The first-order chi connectivity index (χ1) is 9.20. The number of hydrogen-bond acceptors (Lipinski definition) is 5. The van der Waals surface area contributed by atoms with Crippen molar-refractivity contribution in [1.29, 1.82) is 0 Å². The predicted molar refractivity (Wildman–Crippen MR) is 67.5 cm³/mol. The third kappa shape index (κ3) is 3.51. The Labute approximate surface area is 110 Å². The molecular formula is C13H15NO5. The molecule has 1 aromatic carbocycles. The Kier molecular flexibility index (Phi) is 4.46. The summed E-state index contributed by atoms with van der Waals surface area (Å²) >= 11 is 0. The lowest BCUT2D eigenvalue weighted by molar-refractivity contribution is -0.385. The first-order valence-corrected chi connectivity index (χ1v) is 6.15. The molecule has 0 unspecified atom stereocenters. The molecule has 0 saturated carbocycles. The molecule has 0 N–H and O–H groups in total. The number of carbonyl (C=O) groups is 1. The standard InChI is InChI=1S/C13H15NO5/c15-8-11-1-2-12(14(16)17)13(7-11)19-9-10-3-5-18-6-4-10/h1-2,7-8,10H,3-6,9H2. The van der Waals surface area contributed by atoms with Crippen LogP contribution in [0.15, 0.2) is 18.2 Å². The minimum absolute atomic E-state index is 0.113. The Hall–Kier alpha value is -1.95. The molecule has 102 valence electrons. The van der Waals surface area contributed by atoms with Gasteiger partial charge in [0.1, 0.15) is 6.29 Å². The molecule has 6 heteroatoms. The van der Waals surface area contributed by atoms with Crippen molar-refractivity contribution in [2.24, 2.45) is 5.92 Å². The summed E-state index contributed by atoms with van der Waals surface area (Å²) in [5, 5.41) is 10.9. The number of benzene rings is 1. The second kappa shape index (κ2) is 6.29. The van der Waals surface area contributed by atoms with Crippen molar-refractivity contribution < 1.29 is 19.2 Å². The van der Waals surface area contributed by atoms with Gasteiger partial charge in [-0.05, 0) is 30.9 Å². The maximum absolute atomic E-state index is 10.9. The summed E-state index contributed by atoms with van der Waals surface area (Å²) in [5.74, 6) is 0.495. The topological polar surface area (TPSA) is 78.7 Å². The van der Waals surface area contributed by atoms with Gasteiger partial charge in [0.05, 0.1) is 11.5 Å². The zero-order chi connectivity index (χ0) is 13.7. The molecule has 0 aliphatic carbocycles. The summed E-state index contributed by atoms with van der Waals surface area (Å²) in [5.41, 5.74) is 0.255. The Morgan fingerprint density at radius 3 is 2.79 bits per heavy atom. The molecule has 1 aromatic rings. The van der Waals surface area contributed by atoms with Crippen LogP contribution in [0.3, 0.4) is 0 Å². The first-order valence-electron chi connectivity index (χ1n) is 6.15. The van der Waals surface area contributed by atoms with Crippen molar-refractivity contribution in [2.45, 2.75) is 12.8 Å². The zero-order valence-corrected chi connectivity index (χ0v) is 10.4. The zero-order valence-electron chi connectivity index (χ0n) is 10.4. The molecule has 0 spiro atoms. The van der Waals surface area contributed by atoms with Gasteiger partial charge in [-0.1, -0.05) is 0 Å². The lowest BCUT2D eigenvalue weighted by Gasteiger charge is -2.22. The van der Waals surface area contributed by atoms with E-state index < -0.39 is 4.92 Å². The maximum Gasteiger partial charge on any atom is 0.310 e. The Balaban J connectivity index is 2.08. The minimum Gasteiger partial charge on any atom is -0.487 e. The predicted octanol–water partition coefficient (Wildman–Crippen LogP) is 2.21. The van der Waals surface area contributed by atoms with Crippen molar-refractivity contribution in [3.63, 3.8) is 0 Å². The van der Waals surface area contributed by atoms with Crippen molar-refractivity contribution >= 4 is 12.0 Å². The van der Waals surface area contributed by atoms with E-state index in [0.717, 1.165) is 12.8 Å². The van der Waals surface area contributed by atoms with Crippen LogP contribution in [0.1, 0.15) is 23.2 Å². The van der Waals surface area contributed by atoms with E-state index >= 15 is 0 Å². The molecular weight excluding hydrogens is 250 g/mol. The van der Waals surface area contributed by atoms with Crippen molar-refractivity contribution in [3.8, 4) is 5.75 Å². The number of nitro benzene ring substituents is 1. The smallest absolute Gasteiger partial charge is 0.310 e. The van der Waals surface area contributed by atoms with Crippen LogP contribution < -0.4 is 4.74 Å². The lowest BCUT2D eigenvalue weighted by atomic mass is 10.0. The van der Waals surface area contributed by atoms with E-state index in [1.165, 1.54) is 18.2 Å². The molecule has 0 amide bonds. The summed E-state index contributed by atoms with van der Waals surface area (Å²) in [6.07, 6.45) is 2.42. The third-order valence-corrected chi connectivity index (χ3v) is 3.13. The van der Waals surface area contributed by atoms with E-state index in [1.807, 2.05) is 0 Å². The van der Waals surface area contributed by atoms with Gasteiger partial charge < -0.3 is 9.47 Å². The van der Waals surface area contributed by atoms with Crippen LogP contribution in [0.4, 0.5) is 5.69 Å². The molecule has 2 rings (SSSR count). The third-order valence-electron chi connectivity index (χ3n) is 3.13. The fourth-order valence-corrected chi connectivity index (χ4v) is 1.99. The molecule has 0 aromatic heterocycles. The van der Waals surface area contributed by atoms with E-state index in [2.05, 4.69) is 0 Å². The van der Waals surface area contributed by atoms with Crippen LogP contribution in [0.5, 0.6) is 5.75 Å². The molecule has 1 aliphatic rings. The normalized spacial score (nSPS) is 16.0. The van der Waals surface area contributed by atoms with E-state index in [-0.39, 0.29) is 11.4 Å². The Morgan fingerprint density at radius 1 is 1.42 bits per heavy atom. The fraction of sp³-hybridized carbons (Fsp3) is 0.462. The van der Waals surface area contributed by atoms with Crippen LogP contribution in [0.2, 0.25) is 0 Å². The minimum atomic E-state index is -0.506. The summed E-state index contributed by atoms with van der Waals surface area (Å²) in [6, 6.07) is 4.11. The van der Waals surface area contributed by atoms with Crippen LogP contribution in [-0.4, -0.2) is 31.0 Å². The van der Waals surface area contributed by atoms with Crippen LogP contribution >= 0.6 is 0 Å². The number of nitro groups is 1. The highest BCUT2D eigenvalue weighted by molar-refractivity contribution is 5.76. The summed E-state index contributed by atoms with van der Waals surface area (Å²) in [4.78, 5) is 21.1. The van der Waals surface area contributed by atoms with Gasteiger partial charge in [0.15, 0.2) is 5.75 Å². The van der Waals surface area contributed by atoms with E-state index in [9.17, 15) is 14.9 Å². The molecule has 1 saturated heterocycles. The highest BCUT2D eigenvalue weighted by atomic mass is 16.6. The highest BCUT2D eigenvalue weighted by Gasteiger charge is 2.19. The summed E-state index contributed by atoms with van der Waals surface area (Å²) in [6.45, 7) is 1.81. The molecule has 1 fully saturated rings. The number of rotatable bonds is 5. The second-order valence-corrected chi connectivity index (χ2v) is 4.47. The number of nitrogens with zero attached hydrogens (tertiary/aromatic N) is 1. The van der Waals surface area contributed by atoms with E-state index in [1.54, 1.807) is 0 Å². The van der Waals surface area contributed by atoms with Crippen LogP contribution in [0.25, 0.3) is 0 Å². The van der Waals surface area contributed by atoms with Gasteiger partial charge in [0.25, 0.3) is 0 Å². The SMILES string of the molecule is O=Cc1ccc([N+](=O)[O-])c(OCC2CCOCC2)c1. The fourth-order valence-electron chi connectivity index (χ4n) is 1.99. The van der Waals surface area contributed by atoms with Crippen molar-refractivity contribution in [1.82, 2.24) is 0 Å². The largest absolute Gasteiger partial charge is 0.487 e. The second-order valence-electron chi connectivity index (χ2n) is 4.47. The average Bonchev–Trinajstić information content (AvgIpc) is 2.45. The van der Waals surface area contributed by atoms with Gasteiger partial charge in [-0.15, -0.1) is 0 Å². The Morgan fingerprint density at radius 2 is 2.16 bits per heavy atom. The molecule has 6 nitrogen and oxygen atoms in total. The number of aldehydes is 1. The van der Waals surface area contributed by atoms with Crippen LogP contribution in [0, 0.1) is 16.0 Å². The average molecular weight is 265 g/mol. The quantitative estimate of drug-likeness (QED) is 0.463. The van der Waals surface area contributed by atoms with E-state index in [4.69, 9.17) is 9.47 Å². The van der Waals surface area contributed by atoms with Gasteiger partial charge >= 0.3 is 5.69 Å². The number of carbonyl (C=O) groups excluding carboxylic acids is 1. The van der Waals surface area contributed by atoms with Crippen LogP contribution in [-0.2, 0) is 4.74 Å². The lowest BCUT2D eigenvalue weighted by Crippen LogP contribution is -2.21. The summed E-state index contributed by atoms with van der Waals surface area (Å²) < 4.78 is 10.8.